The lowest BCUT2D eigenvalue weighted by Gasteiger charge is -2.24. The average molecular weight is 545 g/mol. The van der Waals surface area contributed by atoms with Crippen LogP contribution in [-0.4, -0.2) is 38.7 Å². The van der Waals surface area contributed by atoms with Crippen molar-refractivity contribution in [3.05, 3.63) is 124 Å². The Morgan fingerprint density at radius 3 is 2.32 bits per heavy atom. The van der Waals surface area contributed by atoms with Gasteiger partial charge in [-0.3, -0.25) is 9.59 Å². The first-order valence-electron chi connectivity index (χ1n) is 12.1. The molecule has 0 N–H and O–H groups in total. The molecule has 38 heavy (non-hydrogen) atoms. The summed E-state index contributed by atoms with van der Waals surface area (Å²) >= 11 is 6.18. The maximum Gasteiger partial charge on any atom is 0.259 e. The lowest BCUT2D eigenvalue weighted by Crippen LogP contribution is -2.31. The summed E-state index contributed by atoms with van der Waals surface area (Å²) in [5, 5.41) is 0.502. The lowest BCUT2D eigenvalue weighted by molar-refractivity contribution is 0.0796. The number of sulfone groups is 1. The molecule has 1 aliphatic rings. The van der Waals surface area contributed by atoms with Gasteiger partial charge in [0.2, 0.25) is 9.84 Å². The highest BCUT2D eigenvalue weighted by molar-refractivity contribution is 7.91. The van der Waals surface area contributed by atoms with E-state index in [2.05, 4.69) is 0 Å². The van der Waals surface area contributed by atoms with E-state index in [1.54, 1.807) is 42.3 Å². The summed E-state index contributed by atoms with van der Waals surface area (Å²) in [6.07, 6.45) is 0.678. The molecule has 8 heteroatoms. The van der Waals surface area contributed by atoms with Crippen molar-refractivity contribution >= 4 is 38.9 Å². The third kappa shape index (κ3) is 4.95. The van der Waals surface area contributed by atoms with E-state index in [0.29, 0.717) is 23.6 Å². The Bertz CT molecular complexity index is 1640. The van der Waals surface area contributed by atoms with Crippen molar-refractivity contribution in [3.63, 3.8) is 0 Å². The molecule has 0 aromatic heterocycles. The molecule has 2 amide bonds. The molecular formula is C30H25ClN2O4S. The predicted molar refractivity (Wildman–Crippen MR) is 147 cm³/mol. The molecular weight excluding hydrogens is 520 g/mol. The van der Waals surface area contributed by atoms with Crippen LogP contribution >= 0.6 is 11.6 Å². The number of amides is 2. The zero-order valence-electron chi connectivity index (χ0n) is 20.7. The van der Waals surface area contributed by atoms with Gasteiger partial charge in [0.25, 0.3) is 11.8 Å². The normalized spacial score (nSPS) is 13.8. The summed E-state index contributed by atoms with van der Waals surface area (Å²) in [6, 6.07) is 27.5. The van der Waals surface area contributed by atoms with E-state index in [1.165, 1.54) is 35.2 Å². The van der Waals surface area contributed by atoms with Crippen LogP contribution in [0.5, 0.6) is 0 Å². The number of anilines is 1. The van der Waals surface area contributed by atoms with E-state index < -0.39 is 15.7 Å². The number of carbonyl (C=O) groups is 2. The average Bonchev–Trinajstić information content (AvgIpc) is 3.00. The van der Waals surface area contributed by atoms with Gasteiger partial charge in [-0.15, -0.1) is 0 Å². The van der Waals surface area contributed by atoms with Crippen LogP contribution in [0.15, 0.2) is 107 Å². The fourth-order valence-corrected chi connectivity index (χ4v) is 6.42. The van der Waals surface area contributed by atoms with Gasteiger partial charge in [0.05, 0.1) is 27.6 Å². The number of nitrogens with zero attached hydrogens (tertiary/aromatic N) is 2. The van der Waals surface area contributed by atoms with E-state index >= 15 is 0 Å². The number of halogens is 1. The van der Waals surface area contributed by atoms with Gasteiger partial charge in [-0.25, -0.2) is 8.42 Å². The fraction of sp³-hybridized carbons (Fsp3) is 0.133. The van der Waals surface area contributed by atoms with Crippen molar-refractivity contribution in [2.75, 3.05) is 18.5 Å². The Hall–Kier alpha value is -3.94. The largest absolute Gasteiger partial charge is 0.341 e. The summed E-state index contributed by atoms with van der Waals surface area (Å²) < 4.78 is 27.4. The topological polar surface area (TPSA) is 74.8 Å². The second-order valence-corrected chi connectivity index (χ2v) is 11.5. The number of hydrogen-bond acceptors (Lipinski definition) is 4. The third-order valence-electron chi connectivity index (χ3n) is 6.59. The Morgan fingerprint density at radius 1 is 0.842 bits per heavy atom. The highest BCUT2D eigenvalue weighted by Gasteiger charge is 2.36. The molecule has 0 radical (unpaired) electrons. The van der Waals surface area contributed by atoms with Crippen LogP contribution in [-0.2, 0) is 22.8 Å². The smallest absolute Gasteiger partial charge is 0.259 e. The van der Waals surface area contributed by atoms with E-state index in [9.17, 15) is 18.0 Å². The molecule has 4 aromatic carbocycles. The molecule has 0 atom stereocenters. The molecule has 0 aliphatic carbocycles. The molecule has 5 rings (SSSR count). The zero-order chi connectivity index (χ0) is 26.9. The van der Waals surface area contributed by atoms with Gasteiger partial charge in [-0.1, -0.05) is 66.2 Å². The monoisotopic (exact) mass is 544 g/mol. The highest BCUT2D eigenvalue weighted by Crippen LogP contribution is 2.38. The first-order chi connectivity index (χ1) is 18.3. The van der Waals surface area contributed by atoms with E-state index in [0.717, 1.165) is 11.1 Å². The first kappa shape index (κ1) is 25.7. The molecule has 1 heterocycles. The van der Waals surface area contributed by atoms with E-state index in [-0.39, 0.29) is 33.5 Å². The van der Waals surface area contributed by atoms with Gasteiger partial charge in [0, 0.05) is 24.2 Å². The maximum absolute atomic E-state index is 13.8. The highest BCUT2D eigenvalue weighted by atomic mass is 35.5. The minimum atomic E-state index is -4.03. The third-order valence-corrected chi connectivity index (χ3v) is 8.69. The van der Waals surface area contributed by atoms with E-state index in [4.69, 9.17) is 11.6 Å². The predicted octanol–water partition coefficient (Wildman–Crippen LogP) is 5.65. The molecule has 6 nitrogen and oxygen atoms in total. The summed E-state index contributed by atoms with van der Waals surface area (Å²) in [7, 11) is -2.32. The van der Waals surface area contributed by atoms with Crippen molar-refractivity contribution in [2.24, 2.45) is 0 Å². The number of carbonyl (C=O) groups excluding carboxylic acids is 2. The minimum absolute atomic E-state index is 0.0266. The van der Waals surface area contributed by atoms with Gasteiger partial charge >= 0.3 is 0 Å². The maximum atomic E-state index is 13.8. The van der Waals surface area contributed by atoms with Crippen molar-refractivity contribution in [3.8, 4) is 0 Å². The Labute approximate surface area is 227 Å². The van der Waals surface area contributed by atoms with Gasteiger partial charge in [-0.05, 0) is 60.0 Å². The Kier molecular flexibility index (Phi) is 7.06. The Balaban J connectivity index is 1.56. The van der Waals surface area contributed by atoms with Crippen LogP contribution < -0.4 is 4.90 Å². The minimum Gasteiger partial charge on any atom is -0.341 e. The summed E-state index contributed by atoms with van der Waals surface area (Å²) in [6.45, 7) is 0.562. The van der Waals surface area contributed by atoms with Crippen molar-refractivity contribution in [2.45, 2.75) is 22.8 Å². The van der Waals surface area contributed by atoms with Crippen molar-refractivity contribution in [1.29, 1.82) is 0 Å². The quantitative estimate of drug-likeness (QED) is 0.314. The number of hydrogen-bond donors (Lipinski definition) is 0. The number of benzene rings is 4. The van der Waals surface area contributed by atoms with Gasteiger partial charge in [-0.2, -0.15) is 0 Å². The van der Waals surface area contributed by atoms with Crippen LogP contribution in [0.2, 0.25) is 5.02 Å². The van der Waals surface area contributed by atoms with Crippen LogP contribution in [0.1, 0.15) is 31.8 Å². The number of rotatable bonds is 6. The van der Waals surface area contributed by atoms with Crippen molar-refractivity contribution in [1.82, 2.24) is 4.90 Å². The molecule has 0 bridgehead atoms. The molecule has 0 spiro atoms. The summed E-state index contributed by atoms with van der Waals surface area (Å²) in [4.78, 5) is 30.1. The Morgan fingerprint density at radius 2 is 1.55 bits per heavy atom. The summed E-state index contributed by atoms with van der Waals surface area (Å²) in [5.41, 5.74) is 2.37. The number of fused-ring (bicyclic) bond motifs is 2. The molecule has 192 valence electrons. The molecule has 0 fully saturated rings. The van der Waals surface area contributed by atoms with Crippen LogP contribution in [0.4, 0.5) is 5.69 Å². The van der Waals surface area contributed by atoms with Gasteiger partial charge in [0.1, 0.15) is 0 Å². The molecule has 0 unspecified atom stereocenters. The number of likely N-dealkylation sites (N-methyl/N-ethyl adjacent to an activating group) is 1. The summed E-state index contributed by atoms with van der Waals surface area (Å²) in [5.74, 6) is -0.733. The second-order valence-electron chi connectivity index (χ2n) is 9.17. The second kappa shape index (κ2) is 10.4. The fourth-order valence-electron chi connectivity index (χ4n) is 4.58. The standard InChI is InChI=1S/C30H25ClN2O4S/c1-32(17-16-21-8-3-2-4-9-21)29(34)23-14-15-28-26(19-23)33(20-22-10-7-11-24(31)18-22)30(35)25-12-5-6-13-27(25)38(28,36)37/h2-15,18-19H,16-17,20H2,1H3. The molecule has 0 saturated heterocycles. The molecule has 1 aliphatic heterocycles. The van der Waals surface area contributed by atoms with Gasteiger partial charge in [0.15, 0.2) is 0 Å². The first-order valence-corrected chi connectivity index (χ1v) is 14.0. The van der Waals surface area contributed by atoms with Crippen LogP contribution in [0.25, 0.3) is 0 Å². The lowest BCUT2D eigenvalue weighted by atomic mass is 10.1. The van der Waals surface area contributed by atoms with Crippen molar-refractivity contribution < 1.29 is 18.0 Å². The van der Waals surface area contributed by atoms with Crippen LogP contribution in [0.3, 0.4) is 0 Å². The zero-order valence-corrected chi connectivity index (χ0v) is 22.2. The SMILES string of the molecule is CN(CCc1ccccc1)C(=O)c1ccc2c(c1)N(Cc1cccc(Cl)c1)C(=O)c1ccccc1S2(=O)=O. The van der Waals surface area contributed by atoms with Crippen LogP contribution in [0, 0.1) is 0 Å². The van der Waals surface area contributed by atoms with Gasteiger partial charge < -0.3 is 9.80 Å². The molecule has 4 aromatic rings. The van der Waals surface area contributed by atoms with E-state index in [1.807, 2.05) is 36.4 Å². The molecule has 0 saturated carbocycles.